The molecule has 1 fully saturated rings. The number of piperidine rings is 1. The Kier molecular flexibility index (Phi) is 6.89. The second kappa shape index (κ2) is 8.59. The van der Waals surface area contributed by atoms with Gasteiger partial charge in [-0.3, -0.25) is 4.79 Å². The minimum atomic E-state index is -4.06. The van der Waals surface area contributed by atoms with Crippen LogP contribution in [0.3, 0.4) is 0 Å². The Morgan fingerprint density at radius 2 is 1.78 bits per heavy atom. The van der Waals surface area contributed by atoms with Crippen molar-refractivity contribution in [1.29, 1.82) is 0 Å². The van der Waals surface area contributed by atoms with E-state index in [2.05, 4.69) is 10.0 Å². The molecule has 1 aromatic carbocycles. The minimum absolute atomic E-state index is 0.144. The maximum Gasteiger partial charge on any atom is 0.240 e. The average Bonchev–Trinajstić information content (AvgIpc) is 2.56. The summed E-state index contributed by atoms with van der Waals surface area (Å²) in [6.07, 6.45) is 1.93. The number of hydrogen-bond donors (Lipinski definition) is 2. The summed E-state index contributed by atoms with van der Waals surface area (Å²) < 4.78 is 76.4. The first kappa shape index (κ1) is 21.7. The molecule has 1 saturated heterocycles. The highest BCUT2D eigenvalue weighted by Gasteiger charge is 2.25. The van der Waals surface area contributed by atoms with E-state index in [1.54, 1.807) is 0 Å². The predicted octanol–water partition coefficient (Wildman–Crippen LogP) is 0.173. The van der Waals surface area contributed by atoms with E-state index < -0.39 is 36.6 Å². The van der Waals surface area contributed by atoms with Gasteiger partial charge in [0, 0.05) is 32.1 Å². The van der Waals surface area contributed by atoms with Gasteiger partial charge in [0.15, 0.2) is 11.6 Å². The van der Waals surface area contributed by atoms with Crippen molar-refractivity contribution in [1.82, 2.24) is 14.3 Å². The van der Waals surface area contributed by atoms with Gasteiger partial charge >= 0.3 is 0 Å². The minimum Gasteiger partial charge on any atom is -0.353 e. The average molecular weight is 425 g/mol. The van der Waals surface area contributed by atoms with Gasteiger partial charge in [-0.1, -0.05) is 0 Å². The first-order chi connectivity index (χ1) is 12.5. The molecule has 0 aromatic heterocycles. The number of nitrogens with one attached hydrogen (secondary N) is 2. The number of carbonyl (C=O) groups is 1. The lowest BCUT2D eigenvalue weighted by Crippen LogP contribution is -2.46. The number of sulfonamides is 2. The van der Waals surface area contributed by atoms with Crippen molar-refractivity contribution in [2.45, 2.75) is 30.2 Å². The summed E-state index contributed by atoms with van der Waals surface area (Å²) in [6, 6.07) is 2.02. The van der Waals surface area contributed by atoms with Gasteiger partial charge in [-0.2, -0.15) is 0 Å². The highest BCUT2D eigenvalue weighted by atomic mass is 32.2. The Morgan fingerprint density at radius 3 is 2.33 bits per heavy atom. The summed E-state index contributed by atoms with van der Waals surface area (Å²) in [5.41, 5.74) is 0. The molecular weight excluding hydrogens is 404 g/mol. The van der Waals surface area contributed by atoms with Gasteiger partial charge in [0.2, 0.25) is 26.0 Å². The summed E-state index contributed by atoms with van der Waals surface area (Å²) in [7, 11) is -7.31. The third kappa shape index (κ3) is 6.19. The van der Waals surface area contributed by atoms with Gasteiger partial charge in [-0.15, -0.1) is 0 Å². The summed E-state index contributed by atoms with van der Waals surface area (Å²) in [5, 5.41) is 2.73. The fourth-order valence-electron chi connectivity index (χ4n) is 2.66. The first-order valence-corrected chi connectivity index (χ1v) is 11.5. The highest BCUT2D eigenvalue weighted by molar-refractivity contribution is 7.89. The number of hydrogen-bond acceptors (Lipinski definition) is 5. The van der Waals surface area contributed by atoms with Crippen LogP contribution in [0.25, 0.3) is 0 Å². The molecule has 2 rings (SSSR count). The Bertz CT molecular complexity index is 898. The number of nitrogens with zero attached hydrogens (tertiary/aromatic N) is 1. The lowest BCUT2D eigenvalue weighted by molar-refractivity contribution is -0.121. The van der Waals surface area contributed by atoms with Crippen LogP contribution < -0.4 is 10.0 Å². The van der Waals surface area contributed by atoms with Crippen LogP contribution in [-0.4, -0.2) is 59.0 Å². The van der Waals surface area contributed by atoms with Gasteiger partial charge in [0.25, 0.3) is 0 Å². The number of rotatable bonds is 7. The van der Waals surface area contributed by atoms with E-state index in [9.17, 15) is 30.4 Å². The molecule has 0 saturated carbocycles. The Morgan fingerprint density at radius 1 is 1.15 bits per heavy atom. The Labute approximate surface area is 157 Å². The van der Waals surface area contributed by atoms with Crippen LogP contribution in [0.1, 0.15) is 19.3 Å². The van der Waals surface area contributed by atoms with Crippen LogP contribution in [0, 0.1) is 11.6 Å². The lowest BCUT2D eigenvalue weighted by Gasteiger charge is -2.30. The van der Waals surface area contributed by atoms with E-state index in [0.717, 1.165) is 12.3 Å². The second-order valence-corrected chi connectivity index (χ2v) is 9.98. The van der Waals surface area contributed by atoms with E-state index in [1.807, 2.05) is 0 Å². The van der Waals surface area contributed by atoms with Crippen LogP contribution in [0.5, 0.6) is 0 Å². The normalized spacial score (nSPS) is 17.0. The lowest BCUT2D eigenvalue weighted by atomic mass is 10.1. The molecular formula is C15H21F2N3O5S2. The second-order valence-electron chi connectivity index (χ2n) is 6.23. The fraction of sp³-hybridized carbons (Fsp3) is 0.533. The molecule has 0 spiro atoms. The van der Waals surface area contributed by atoms with Crippen molar-refractivity contribution in [3.05, 3.63) is 29.8 Å². The molecule has 0 unspecified atom stereocenters. The molecule has 1 aliphatic rings. The largest absolute Gasteiger partial charge is 0.353 e. The van der Waals surface area contributed by atoms with Crippen molar-refractivity contribution in [3.8, 4) is 0 Å². The smallest absolute Gasteiger partial charge is 0.240 e. The van der Waals surface area contributed by atoms with E-state index in [4.69, 9.17) is 0 Å². The molecule has 12 heteroatoms. The highest BCUT2D eigenvalue weighted by Crippen LogP contribution is 2.14. The van der Waals surface area contributed by atoms with Crippen LogP contribution in [0.4, 0.5) is 8.78 Å². The molecule has 152 valence electrons. The summed E-state index contributed by atoms with van der Waals surface area (Å²) in [4.78, 5) is 11.5. The molecule has 0 aliphatic carbocycles. The SMILES string of the molecule is CS(=O)(=O)N1CCC(NC(=O)CCNS(=O)(=O)c2ccc(F)c(F)c2)CC1. The molecule has 0 atom stereocenters. The summed E-state index contributed by atoms with van der Waals surface area (Å²) in [5.74, 6) is -2.83. The summed E-state index contributed by atoms with van der Waals surface area (Å²) in [6.45, 7) is 0.411. The molecule has 1 aromatic rings. The van der Waals surface area contributed by atoms with Crippen molar-refractivity contribution >= 4 is 26.0 Å². The number of amides is 1. The summed E-state index contributed by atoms with van der Waals surface area (Å²) >= 11 is 0. The molecule has 1 amide bonds. The predicted molar refractivity (Wildman–Crippen MR) is 93.7 cm³/mol. The van der Waals surface area contributed by atoms with E-state index >= 15 is 0 Å². The van der Waals surface area contributed by atoms with Crippen LogP contribution >= 0.6 is 0 Å². The number of benzene rings is 1. The van der Waals surface area contributed by atoms with Crippen molar-refractivity contribution in [3.63, 3.8) is 0 Å². The van der Waals surface area contributed by atoms with Crippen LogP contribution in [0.15, 0.2) is 23.1 Å². The molecule has 2 N–H and O–H groups in total. The molecule has 0 radical (unpaired) electrons. The fourth-order valence-corrected chi connectivity index (χ4v) is 4.58. The topological polar surface area (TPSA) is 113 Å². The van der Waals surface area contributed by atoms with Crippen molar-refractivity contribution in [2.75, 3.05) is 25.9 Å². The quantitative estimate of drug-likeness (QED) is 0.647. The Hall–Kier alpha value is -1.63. The maximum absolute atomic E-state index is 13.1. The molecule has 0 bridgehead atoms. The zero-order valence-corrected chi connectivity index (χ0v) is 16.2. The van der Waals surface area contributed by atoms with Crippen LogP contribution in [0.2, 0.25) is 0 Å². The zero-order valence-electron chi connectivity index (χ0n) is 14.6. The maximum atomic E-state index is 13.1. The molecule has 1 heterocycles. The molecule has 27 heavy (non-hydrogen) atoms. The molecule has 1 aliphatic heterocycles. The Balaban J connectivity index is 1.78. The standard InChI is InChI=1S/C15H21F2N3O5S2/c1-26(22,23)20-8-5-11(6-9-20)19-15(21)4-7-18-27(24,25)12-2-3-13(16)14(17)10-12/h2-3,10-11,18H,4-9H2,1H3,(H,19,21). The van der Waals surface area contributed by atoms with Crippen LogP contribution in [-0.2, 0) is 24.8 Å². The van der Waals surface area contributed by atoms with Gasteiger partial charge in [0.1, 0.15) is 0 Å². The van der Waals surface area contributed by atoms with E-state index in [1.165, 1.54) is 4.31 Å². The van der Waals surface area contributed by atoms with Gasteiger partial charge in [-0.25, -0.2) is 34.6 Å². The number of carbonyl (C=O) groups excluding carboxylic acids is 1. The first-order valence-electron chi connectivity index (χ1n) is 8.18. The van der Waals surface area contributed by atoms with Gasteiger partial charge in [0.05, 0.1) is 11.2 Å². The van der Waals surface area contributed by atoms with Gasteiger partial charge in [-0.05, 0) is 31.0 Å². The van der Waals surface area contributed by atoms with E-state index in [-0.39, 0.29) is 24.9 Å². The van der Waals surface area contributed by atoms with Crippen molar-refractivity contribution in [2.24, 2.45) is 0 Å². The monoisotopic (exact) mass is 425 g/mol. The van der Waals surface area contributed by atoms with E-state index in [0.29, 0.717) is 38.1 Å². The molecule has 8 nitrogen and oxygen atoms in total. The van der Waals surface area contributed by atoms with Gasteiger partial charge < -0.3 is 5.32 Å². The zero-order chi connectivity index (χ0) is 20.2. The third-order valence-corrected chi connectivity index (χ3v) is 6.90. The number of halogens is 2. The third-order valence-electron chi connectivity index (χ3n) is 4.13. The van der Waals surface area contributed by atoms with Crippen molar-refractivity contribution < 1.29 is 30.4 Å².